The smallest absolute Gasteiger partial charge is 0.0134 e. The van der Waals surface area contributed by atoms with Gasteiger partial charge in [0.2, 0.25) is 0 Å². The Kier molecular flexibility index (Phi) is 8.61. The Morgan fingerprint density at radius 2 is 0.667 bits per heavy atom. The summed E-state index contributed by atoms with van der Waals surface area (Å²) in [5.74, 6) is 0. The first-order chi connectivity index (χ1) is 11.4. The molecule has 0 amide bonds. The van der Waals surface area contributed by atoms with Gasteiger partial charge in [0.25, 0.3) is 0 Å². The molecule has 0 aliphatic carbocycles. The average molecular weight is 452 g/mol. The van der Waals surface area contributed by atoms with Gasteiger partial charge in [0.15, 0.2) is 0 Å². The number of hydrogen-bond donors (Lipinski definition) is 0. The molecule has 3 aromatic rings. The van der Waals surface area contributed by atoms with Crippen molar-refractivity contribution in [3.05, 3.63) is 91.0 Å². The summed E-state index contributed by atoms with van der Waals surface area (Å²) >= 11 is -3.11. The van der Waals surface area contributed by atoms with E-state index in [4.69, 9.17) is 37.2 Å². The van der Waals surface area contributed by atoms with Crippen LogP contribution in [0.25, 0.3) is 0 Å². The minimum Gasteiger partial charge on any atom is -0.0622 e. The van der Waals surface area contributed by atoms with Crippen LogP contribution in [-0.4, -0.2) is 0 Å². The standard InChI is InChI=1S/C18H15P.4ClH.Ti/c1-4-10-16(11-5-1)19(17-12-6-2-7-13-17)18-14-8-3-9-15-18;;;;;/h1-15H;4*1H;/q;;;;;+4/p-4. The zero-order valence-electron chi connectivity index (χ0n) is 12.6. The third-order valence-corrected chi connectivity index (χ3v) is 5.49. The quantitative estimate of drug-likeness (QED) is 0.328. The molecule has 0 aromatic heterocycles. The van der Waals surface area contributed by atoms with E-state index in [1.165, 1.54) is 15.9 Å². The fourth-order valence-corrected chi connectivity index (χ4v) is 4.48. The van der Waals surface area contributed by atoms with Crippen molar-refractivity contribution in [2.45, 2.75) is 0 Å². The molecule has 0 nitrogen and oxygen atoms in total. The van der Waals surface area contributed by atoms with E-state index in [1.807, 2.05) is 0 Å². The number of rotatable bonds is 3. The molecule has 3 aromatic carbocycles. The van der Waals surface area contributed by atoms with Crippen molar-refractivity contribution in [1.82, 2.24) is 0 Å². The van der Waals surface area contributed by atoms with Crippen molar-refractivity contribution in [3.63, 3.8) is 0 Å². The van der Waals surface area contributed by atoms with Gasteiger partial charge in [0, 0.05) is 0 Å². The largest absolute Gasteiger partial charge is 0.0622 e. The average Bonchev–Trinajstić information content (AvgIpc) is 2.57. The van der Waals surface area contributed by atoms with Crippen molar-refractivity contribution < 1.29 is 12.3 Å². The zero-order valence-corrected chi connectivity index (χ0v) is 18.1. The van der Waals surface area contributed by atoms with Crippen LogP contribution in [0.5, 0.6) is 0 Å². The minimum atomic E-state index is -3.11. The van der Waals surface area contributed by atoms with E-state index in [9.17, 15) is 0 Å². The molecule has 0 spiro atoms. The molecule has 0 N–H and O–H groups in total. The van der Waals surface area contributed by atoms with Crippen molar-refractivity contribution >= 4 is 61.1 Å². The molecular weight excluding hydrogens is 437 g/mol. The molecule has 0 fully saturated rings. The van der Waals surface area contributed by atoms with Gasteiger partial charge in [-0.15, -0.1) is 0 Å². The number of halogens is 4. The van der Waals surface area contributed by atoms with Crippen LogP contribution in [0.3, 0.4) is 0 Å². The Morgan fingerprint density at radius 3 is 0.875 bits per heavy atom. The molecule has 6 heteroatoms. The van der Waals surface area contributed by atoms with E-state index in [1.54, 1.807) is 0 Å². The van der Waals surface area contributed by atoms with Gasteiger partial charge in [0.05, 0.1) is 0 Å². The molecule has 0 heterocycles. The fourth-order valence-electron chi connectivity index (χ4n) is 2.18. The SMILES string of the molecule is [Cl][Ti]([Cl])([Cl])[Cl].c1ccc(P(c2ccccc2)c2ccccc2)cc1. The third-order valence-electron chi connectivity index (χ3n) is 3.04. The van der Waals surface area contributed by atoms with Gasteiger partial charge >= 0.3 is 49.6 Å². The van der Waals surface area contributed by atoms with E-state index < -0.39 is 20.3 Å². The molecule has 24 heavy (non-hydrogen) atoms. The van der Waals surface area contributed by atoms with Gasteiger partial charge in [0.1, 0.15) is 0 Å². The molecule has 0 bridgehead atoms. The van der Waals surface area contributed by atoms with Crippen LogP contribution in [0.2, 0.25) is 0 Å². The molecule has 124 valence electrons. The first-order valence-corrected chi connectivity index (χ1v) is 17.1. The summed E-state index contributed by atoms with van der Waals surface area (Å²) in [5.41, 5.74) is 0. The Balaban J connectivity index is 0.000000368. The third kappa shape index (κ3) is 7.46. The van der Waals surface area contributed by atoms with Gasteiger partial charge in [-0.2, -0.15) is 0 Å². The van der Waals surface area contributed by atoms with Crippen LogP contribution < -0.4 is 15.9 Å². The molecule has 0 aliphatic heterocycles. The summed E-state index contributed by atoms with van der Waals surface area (Å²) in [6, 6.07) is 32.3. The molecule has 0 aliphatic rings. The second kappa shape index (κ2) is 10.2. The first kappa shape index (κ1) is 20.3. The maximum absolute atomic E-state index is 5.01. The summed E-state index contributed by atoms with van der Waals surface area (Å²) in [6.07, 6.45) is 0. The molecule has 0 saturated heterocycles. The van der Waals surface area contributed by atoms with E-state index in [-0.39, 0.29) is 0 Å². The van der Waals surface area contributed by atoms with E-state index in [2.05, 4.69) is 91.0 Å². The van der Waals surface area contributed by atoms with Crippen LogP contribution in [0.1, 0.15) is 0 Å². The maximum Gasteiger partial charge on any atom is -0.0134 e. The normalized spacial score (nSPS) is 10.9. The van der Waals surface area contributed by atoms with Crippen LogP contribution in [-0.2, 0) is 12.3 Å². The predicted octanol–water partition coefficient (Wildman–Crippen LogP) is 6.20. The van der Waals surface area contributed by atoms with E-state index >= 15 is 0 Å². The summed E-state index contributed by atoms with van der Waals surface area (Å²) in [4.78, 5) is 0. The summed E-state index contributed by atoms with van der Waals surface area (Å²) in [5, 5.41) is 4.19. The van der Waals surface area contributed by atoms with Gasteiger partial charge in [-0.3, -0.25) is 0 Å². The molecule has 0 unspecified atom stereocenters. The van der Waals surface area contributed by atoms with Crippen LogP contribution in [0.4, 0.5) is 0 Å². The predicted molar refractivity (Wildman–Crippen MR) is 109 cm³/mol. The zero-order chi connectivity index (χ0) is 17.4. The van der Waals surface area contributed by atoms with Gasteiger partial charge in [-0.25, -0.2) is 0 Å². The summed E-state index contributed by atoms with van der Waals surface area (Å²) in [6.45, 7) is 0. The molecule has 0 radical (unpaired) electrons. The number of hydrogen-bond acceptors (Lipinski definition) is 0. The van der Waals surface area contributed by atoms with Crippen molar-refractivity contribution in [2.24, 2.45) is 0 Å². The fraction of sp³-hybridized carbons (Fsp3) is 0. The Morgan fingerprint density at radius 1 is 0.458 bits per heavy atom. The molecular formula is C18H15Cl4PTi. The van der Waals surface area contributed by atoms with Crippen LogP contribution in [0.15, 0.2) is 91.0 Å². The van der Waals surface area contributed by atoms with Gasteiger partial charge < -0.3 is 0 Å². The first-order valence-electron chi connectivity index (χ1n) is 7.16. The minimum absolute atomic E-state index is 0.446. The van der Waals surface area contributed by atoms with Crippen molar-refractivity contribution in [1.29, 1.82) is 0 Å². The number of benzene rings is 3. The van der Waals surface area contributed by atoms with Crippen LogP contribution >= 0.6 is 45.1 Å². The molecule has 3 rings (SSSR count). The van der Waals surface area contributed by atoms with Gasteiger partial charge in [-0.1, -0.05) is 91.0 Å². The van der Waals surface area contributed by atoms with E-state index in [0.717, 1.165) is 0 Å². The van der Waals surface area contributed by atoms with Crippen LogP contribution in [0, 0.1) is 0 Å². The summed E-state index contributed by atoms with van der Waals surface area (Å²) in [7, 11) is 19.6. The Labute approximate surface area is 163 Å². The van der Waals surface area contributed by atoms with Gasteiger partial charge in [-0.05, 0) is 23.8 Å². The Bertz CT molecular complexity index is 618. The molecule has 0 atom stereocenters. The second-order valence-electron chi connectivity index (χ2n) is 4.77. The summed E-state index contributed by atoms with van der Waals surface area (Å²) < 4.78 is 0. The topological polar surface area (TPSA) is 0 Å². The van der Waals surface area contributed by atoms with E-state index in [0.29, 0.717) is 0 Å². The monoisotopic (exact) mass is 450 g/mol. The maximum atomic E-state index is 5.01. The van der Waals surface area contributed by atoms with Crippen molar-refractivity contribution in [2.75, 3.05) is 0 Å². The Hall–Kier alpha value is -0.0357. The van der Waals surface area contributed by atoms with Crippen molar-refractivity contribution in [3.8, 4) is 0 Å². The molecule has 0 saturated carbocycles. The second-order valence-corrected chi connectivity index (χ2v) is 22.5.